The molecule has 2 aromatic heterocycles. The molecule has 0 aliphatic heterocycles. The molecule has 1 aromatic carbocycles. The average Bonchev–Trinajstić information content (AvgIpc) is 2.88. The third-order valence-electron chi connectivity index (χ3n) is 3.46. The lowest BCUT2D eigenvalue weighted by atomic mass is 10.1. The molecule has 18 heavy (non-hydrogen) atoms. The molecule has 0 aliphatic carbocycles. The Labute approximate surface area is 106 Å². The van der Waals surface area contributed by atoms with Gasteiger partial charge in [0.05, 0.1) is 6.54 Å². The molecule has 0 radical (unpaired) electrons. The lowest BCUT2D eigenvalue weighted by Crippen LogP contribution is -2.05. The maximum Gasteiger partial charge on any atom is 0.170 e. The first-order chi connectivity index (χ1) is 8.66. The summed E-state index contributed by atoms with van der Waals surface area (Å²) in [4.78, 5) is 4.29. The molecular weight excluding hydrogens is 224 g/mol. The average molecular weight is 240 g/mol. The first-order valence-corrected chi connectivity index (χ1v) is 6.06. The van der Waals surface area contributed by atoms with E-state index in [1.165, 1.54) is 22.2 Å². The molecule has 0 fully saturated rings. The quantitative estimate of drug-likeness (QED) is 0.689. The Hall–Kier alpha value is -2.10. The van der Waals surface area contributed by atoms with Gasteiger partial charge in [-0.15, -0.1) is 0 Å². The first-order valence-electron chi connectivity index (χ1n) is 6.06. The molecular formula is C14H16N4. The van der Waals surface area contributed by atoms with Gasteiger partial charge in [-0.1, -0.05) is 24.3 Å². The van der Waals surface area contributed by atoms with Crippen LogP contribution in [0.1, 0.15) is 17.2 Å². The molecule has 0 saturated carbocycles. The van der Waals surface area contributed by atoms with Crippen LogP contribution in [0, 0.1) is 13.8 Å². The highest BCUT2D eigenvalue weighted by molar-refractivity contribution is 5.88. The molecule has 0 bridgehead atoms. The van der Waals surface area contributed by atoms with Gasteiger partial charge in [-0.2, -0.15) is 5.10 Å². The van der Waals surface area contributed by atoms with Crippen LogP contribution in [0.4, 0.5) is 0 Å². The maximum atomic E-state index is 4.34. The zero-order chi connectivity index (χ0) is 12.7. The van der Waals surface area contributed by atoms with Crippen LogP contribution in [-0.4, -0.2) is 19.3 Å². The third kappa shape index (κ3) is 1.61. The van der Waals surface area contributed by atoms with E-state index in [0.717, 1.165) is 12.4 Å². The molecule has 4 nitrogen and oxygen atoms in total. The monoisotopic (exact) mass is 240 g/mol. The Morgan fingerprint density at radius 2 is 1.67 bits per heavy atom. The van der Waals surface area contributed by atoms with Gasteiger partial charge in [0.1, 0.15) is 6.33 Å². The summed E-state index contributed by atoms with van der Waals surface area (Å²) < 4.78 is 4.02. The SMILES string of the molecule is Cc1c2ccccc2c(C)n1Cc1ncn(C)n1. The second-order valence-electron chi connectivity index (χ2n) is 4.64. The Kier molecular flexibility index (Phi) is 2.44. The van der Waals surface area contributed by atoms with E-state index in [1.807, 2.05) is 7.05 Å². The minimum absolute atomic E-state index is 0.729. The highest BCUT2D eigenvalue weighted by Gasteiger charge is 2.11. The van der Waals surface area contributed by atoms with Crippen LogP contribution in [0.5, 0.6) is 0 Å². The van der Waals surface area contributed by atoms with Crippen LogP contribution in [-0.2, 0) is 13.6 Å². The summed E-state index contributed by atoms with van der Waals surface area (Å²) in [5.74, 6) is 0.851. The largest absolute Gasteiger partial charge is 0.340 e. The van der Waals surface area contributed by atoms with Crippen LogP contribution in [0.25, 0.3) is 10.8 Å². The zero-order valence-corrected chi connectivity index (χ0v) is 10.9. The van der Waals surface area contributed by atoms with Crippen LogP contribution in [0.2, 0.25) is 0 Å². The normalized spacial score (nSPS) is 11.3. The standard InChI is InChI=1S/C14H16N4/c1-10-12-6-4-5-7-13(12)11(2)18(10)8-14-15-9-17(3)16-14/h4-7,9H,8H2,1-3H3. The van der Waals surface area contributed by atoms with Gasteiger partial charge in [0.15, 0.2) is 5.82 Å². The molecule has 0 aliphatic rings. The minimum Gasteiger partial charge on any atom is -0.340 e. The van der Waals surface area contributed by atoms with Gasteiger partial charge in [-0.05, 0) is 13.8 Å². The summed E-state index contributed by atoms with van der Waals surface area (Å²) in [6.07, 6.45) is 1.74. The topological polar surface area (TPSA) is 35.6 Å². The number of rotatable bonds is 2. The molecule has 92 valence electrons. The van der Waals surface area contributed by atoms with E-state index >= 15 is 0 Å². The fourth-order valence-electron chi connectivity index (χ4n) is 2.49. The molecule has 0 amide bonds. The fraction of sp³-hybridized carbons (Fsp3) is 0.286. The predicted molar refractivity (Wildman–Crippen MR) is 71.5 cm³/mol. The van der Waals surface area contributed by atoms with Gasteiger partial charge >= 0.3 is 0 Å². The van der Waals surface area contributed by atoms with E-state index in [2.05, 4.69) is 52.8 Å². The van der Waals surface area contributed by atoms with Crippen LogP contribution in [0.3, 0.4) is 0 Å². The smallest absolute Gasteiger partial charge is 0.170 e. The Bertz CT molecular complexity index is 667. The predicted octanol–water partition coefficient (Wildman–Crippen LogP) is 2.43. The number of aryl methyl sites for hydroxylation is 3. The van der Waals surface area contributed by atoms with E-state index in [1.54, 1.807) is 11.0 Å². The lowest BCUT2D eigenvalue weighted by molar-refractivity contribution is 0.684. The highest BCUT2D eigenvalue weighted by Crippen LogP contribution is 2.25. The molecule has 0 N–H and O–H groups in total. The molecule has 0 saturated heterocycles. The summed E-state index contributed by atoms with van der Waals surface area (Å²) in [6, 6.07) is 8.50. The summed E-state index contributed by atoms with van der Waals surface area (Å²) in [7, 11) is 1.89. The van der Waals surface area contributed by atoms with Crippen molar-refractivity contribution in [3.05, 3.63) is 47.8 Å². The van der Waals surface area contributed by atoms with E-state index in [4.69, 9.17) is 0 Å². The van der Waals surface area contributed by atoms with Gasteiger partial charge in [-0.25, -0.2) is 4.98 Å². The van der Waals surface area contributed by atoms with Gasteiger partial charge in [-0.3, -0.25) is 4.68 Å². The molecule has 3 aromatic rings. The van der Waals surface area contributed by atoms with E-state index in [9.17, 15) is 0 Å². The number of hydrogen-bond acceptors (Lipinski definition) is 2. The molecule has 0 atom stereocenters. The summed E-state index contributed by atoms with van der Waals surface area (Å²) in [5, 5.41) is 6.97. The van der Waals surface area contributed by atoms with Gasteiger partial charge < -0.3 is 4.57 Å². The number of benzene rings is 1. The Balaban J connectivity index is 2.11. The van der Waals surface area contributed by atoms with E-state index in [-0.39, 0.29) is 0 Å². The number of aromatic nitrogens is 4. The number of nitrogens with zero attached hydrogens (tertiary/aromatic N) is 4. The maximum absolute atomic E-state index is 4.34. The van der Waals surface area contributed by atoms with Gasteiger partial charge in [0.25, 0.3) is 0 Å². The number of fused-ring (bicyclic) bond motifs is 1. The van der Waals surface area contributed by atoms with Crippen molar-refractivity contribution in [3.8, 4) is 0 Å². The van der Waals surface area contributed by atoms with E-state index in [0.29, 0.717) is 0 Å². The molecule has 0 unspecified atom stereocenters. The van der Waals surface area contributed by atoms with E-state index < -0.39 is 0 Å². The highest BCUT2D eigenvalue weighted by atomic mass is 15.3. The van der Waals surface area contributed by atoms with Crippen LogP contribution >= 0.6 is 0 Å². The van der Waals surface area contributed by atoms with Crippen molar-refractivity contribution in [2.75, 3.05) is 0 Å². The summed E-state index contributed by atoms with van der Waals surface area (Å²) >= 11 is 0. The van der Waals surface area contributed by atoms with Gasteiger partial charge in [0, 0.05) is 29.2 Å². The zero-order valence-electron chi connectivity index (χ0n) is 10.9. The summed E-state index contributed by atoms with van der Waals surface area (Å²) in [6.45, 7) is 5.03. The second-order valence-corrected chi connectivity index (χ2v) is 4.64. The van der Waals surface area contributed by atoms with Gasteiger partial charge in [0.2, 0.25) is 0 Å². The Morgan fingerprint density at radius 1 is 1.06 bits per heavy atom. The lowest BCUT2D eigenvalue weighted by Gasteiger charge is -2.05. The van der Waals surface area contributed by atoms with Crippen molar-refractivity contribution in [1.82, 2.24) is 19.3 Å². The van der Waals surface area contributed by atoms with Crippen molar-refractivity contribution in [2.24, 2.45) is 7.05 Å². The van der Waals surface area contributed by atoms with Crippen LogP contribution in [0.15, 0.2) is 30.6 Å². The van der Waals surface area contributed by atoms with Crippen molar-refractivity contribution in [1.29, 1.82) is 0 Å². The Morgan fingerprint density at radius 3 is 2.17 bits per heavy atom. The minimum atomic E-state index is 0.729. The molecule has 4 heteroatoms. The third-order valence-corrected chi connectivity index (χ3v) is 3.46. The fourth-order valence-corrected chi connectivity index (χ4v) is 2.49. The number of hydrogen-bond donors (Lipinski definition) is 0. The van der Waals surface area contributed by atoms with Crippen molar-refractivity contribution in [3.63, 3.8) is 0 Å². The van der Waals surface area contributed by atoms with Crippen LogP contribution < -0.4 is 0 Å². The summed E-state index contributed by atoms with van der Waals surface area (Å²) in [5.41, 5.74) is 2.55. The van der Waals surface area contributed by atoms with Crippen molar-refractivity contribution < 1.29 is 0 Å². The molecule has 2 heterocycles. The molecule has 0 spiro atoms. The van der Waals surface area contributed by atoms with Crippen molar-refractivity contribution >= 4 is 10.8 Å². The first kappa shape index (κ1) is 11.0. The molecule has 3 rings (SSSR count). The van der Waals surface area contributed by atoms with Crippen molar-refractivity contribution in [2.45, 2.75) is 20.4 Å². The second kappa shape index (κ2) is 3.98.